The molecule has 2 aromatic heterocycles. The van der Waals surface area contributed by atoms with Crippen molar-refractivity contribution in [1.29, 1.82) is 0 Å². The molecule has 0 bridgehead atoms. The van der Waals surface area contributed by atoms with E-state index in [1.165, 1.54) is 45.6 Å². The summed E-state index contributed by atoms with van der Waals surface area (Å²) < 4.78 is 2.12. The van der Waals surface area contributed by atoms with Crippen LogP contribution in [0, 0.1) is 6.92 Å². The molecule has 1 atom stereocenters. The number of carbonyl (C=O) groups is 1. The molecule has 3 aromatic rings. The predicted molar refractivity (Wildman–Crippen MR) is 123 cm³/mol. The summed E-state index contributed by atoms with van der Waals surface area (Å²) in [6.07, 6.45) is 4.86. The van der Waals surface area contributed by atoms with Crippen molar-refractivity contribution < 1.29 is 4.79 Å². The van der Waals surface area contributed by atoms with Crippen LogP contribution in [0.25, 0.3) is 5.00 Å². The topological polar surface area (TPSA) is 87.1 Å². The van der Waals surface area contributed by atoms with Crippen LogP contribution in [0.15, 0.2) is 29.4 Å². The number of anilines is 2. The Morgan fingerprint density at radius 3 is 3.13 bits per heavy atom. The zero-order valence-corrected chi connectivity index (χ0v) is 18.8. The molecule has 1 amide bonds. The van der Waals surface area contributed by atoms with Gasteiger partial charge in [-0.1, -0.05) is 23.9 Å². The minimum Gasteiger partial charge on any atom is -0.325 e. The molecule has 1 saturated heterocycles. The lowest BCUT2D eigenvalue weighted by Gasteiger charge is -2.31. The Morgan fingerprint density at radius 1 is 1.32 bits per heavy atom. The number of amides is 1. The quantitative estimate of drug-likeness (QED) is 0.523. The Labute approximate surface area is 188 Å². The van der Waals surface area contributed by atoms with Crippen molar-refractivity contribution in [3.05, 3.63) is 45.8 Å². The normalized spacial score (nSPS) is 18.9. The lowest BCUT2D eigenvalue weighted by molar-refractivity contribution is -0.113. The molecule has 0 spiro atoms. The SMILES string of the molecule is Cc1cccc(NC(=O)CSc2nnc3n2-c2sc4c(c2C2NCNN32)CCCC4)c1. The largest absolute Gasteiger partial charge is 0.325 e. The van der Waals surface area contributed by atoms with Gasteiger partial charge >= 0.3 is 0 Å². The Balaban J connectivity index is 1.29. The van der Waals surface area contributed by atoms with E-state index in [9.17, 15) is 4.79 Å². The molecule has 1 aliphatic carbocycles. The first-order valence-electron chi connectivity index (χ1n) is 10.5. The van der Waals surface area contributed by atoms with Gasteiger partial charge in [0, 0.05) is 16.1 Å². The van der Waals surface area contributed by atoms with Gasteiger partial charge in [-0.15, -0.1) is 21.5 Å². The minimum absolute atomic E-state index is 0.0479. The van der Waals surface area contributed by atoms with Gasteiger partial charge < -0.3 is 5.32 Å². The number of hydrogen-bond acceptors (Lipinski definition) is 8. The van der Waals surface area contributed by atoms with E-state index < -0.39 is 0 Å². The highest BCUT2D eigenvalue weighted by Gasteiger charge is 2.41. The van der Waals surface area contributed by atoms with Gasteiger partial charge in [0.05, 0.1) is 12.4 Å². The Hall–Kier alpha value is -2.40. The van der Waals surface area contributed by atoms with Gasteiger partial charge in [0.2, 0.25) is 11.9 Å². The van der Waals surface area contributed by atoms with E-state index in [2.05, 4.69) is 35.8 Å². The van der Waals surface area contributed by atoms with E-state index in [-0.39, 0.29) is 17.8 Å². The summed E-state index contributed by atoms with van der Waals surface area (Å²) >= 11 is 3.29. The fraction of sp³-hybridized carbons (Fsp3) is 0.381. The lowest BCUT2D eigenvalue weighted by Crippen LogP contribution is -2.39. The number of fused-ring (bicyclic) bond motifs is 8. The lowest BCUT2D eigenvalue weighted by atomic mass is 9.94. The van der Waals surface area contributed by atoms with Crippen molar-refractivity contribution in [3.63, 3.8) is 0 Å². The molecule has 6 rings (SSSR count). The number of thioether (sulfide) groups is 1. The third-order valence-electron chi connectivity index (χ3n) is 5.94. The van der Waals surface area contributed by atoms with Gasteiger partial charge in [0.1, 0.15) is 11.2 Å². The summed E-state index contributed by atoms with van der Waals surface area (Å²) in [4.78, 5) is 14.0. The Kier molecular flexibility index (Phi) is 4.75. The maximum absolute atomic E-state index is 12.6. The molecule has 10 heteroatoms. The number of aryl methyl sites for hydroxylation is 2. The molecule has 1 aromatic carbocycles. The van der Waals surface area contributed by atoms with E-state index in [4.69, 9.17) is 0 Å². The summed E-state index contributed by atoms with van der Waals surface area (Å²) in [7, 11) is 0. The Morgan fingerprint density at radius 2 is 2.23 bits per heavy atom. The van der Waals surface area contributed by atoms with Gasteiger partial charge in [-0.3, -0.25) is 15.1 Å². The first-order valence-corrected chi connectivity index (χ1v) is 12.3. The van der Waals surface area contributed by atoms with Crippen LogP contribution in [0.2, 0.25) is 0 Å². The zero-order valence-electron chi connectivity index (χ0n) is 17.1. The molecule has 2 aliphatic heterocycles. The van der Waals surface area contributed by atoms with Crippen molar-refractivity contribution in [1.82, 2.24) is 25.5 Å². The van der Waals surface area contributed by atoms with Crippen LogP contribution < -0.4 is 21.1 Å². The Bertz CT molecular complexity index is 1170. The van der Waals surface area contributed by atoms with Gasteiger partial charge in [-0.25, -0.2) is 9.99 Å². The third-order valence-corrected chi connectivity index (χ3v) is 8.16. The van der Waals surface area contributed by atoms with E-state index in [1.54, 1.807) is 0 Å². The molecule has 4 heterocycles. The van der Waals surface area contributed by atoms with Crippen LogP contribution in [0.4, 0.5) is 11.6 Å². The number of thiophene rings is 1. The monoisotopic (exact) mass is 453 g/mol. The van der Waals surface area contributed by atoms with Crippen LogP contribution in [-0.2, 0) is 17.6 Å². The molecule has 1 fully saturated rings. The number of carbonyl (C=O) groups excluding carboxylic acids is 1. The number of hydrogen-bond donors (Lipinski definition) is 3. The fourth-order valence-electron chi connectivity index (χ4n) is 4.59. The van der Waals surface area contributed by atoms with E-state index >= 15 is 0 Å². The number of benzene rings is 1. The van der Waals surface area contributed by atoms with E-state index in [0.29, 0.717) is 6.67 Å². The van der Waals surface area contributed by atoms with Crippen LogP contribution in [0.3, 0.4) is 0 Å². The number of hydrazine groups is 1. The highest BCUT2D eigenvalue weighted by Crippen LogP contribution is 2.47. The van der Waals surface area contributed by atoms with Crippen molar-refractivity contribution >= 4 is 40.6 Å². The molecule has 0 saturated carbocycles. The van der Waals surface area contributed by atoms with Crippen LogP contribution >= 0.6 is 23.1 Å². The fourth-order valence-corrected chi connectivity index (χ4v) is 6.80. The van der Waals surface area contributed by atoms with Crippen LogP contribution in [0.1, 0.15) is 40.6 Å². The molecule has 8 nitrogen and oxygen atoms in total. The molecule has 160 valence electrons. The summed E-state index contributed by atoms with van der Waals surface area (Å²) in [6.45, 7) is 2.71. The second-order valence-corrected chi connectivity index (χ2v) is 10.1. The number of aromatic nitrogens is 3. The van der Waals surface area contributed by atoms with Crippen molar-refractivity contribution in [2.45, 2.75) is 43.9 Å². The van der Waals surface area contributed by atoms with Crippen molar-refractivity contribution in [2.24, 2.45) is 0 Å². The van der Waals surface area contributed by atoms with E-state index in [0.717, 1.165) is 35.2 Å². The van der Waals surface area contributed by atoms with Gasteiger partial charge in [0.25, 0.3) is 0 Å². The van der Waals surface area contributed by atoms with Crippen molar-refractivity contribution in [2.75, 3.05) is 22.7 Å². The molecule has 3 aliphatic rings. The maximum Gasteiger partial charge on any atom is 0.249 e. The smallest absolute Gasteiger partial charge is 0.249 e. The molecular formula is C21H23N7OS2. The minimum atomic E-state index is -0.0479. The highest BCUT2D eigenvalue weighted by molar-refractivity contribution is 7.99. The summed E-state index contributed by atoms with van der Waals surface area (Å²) in [5, 5.41) is 19.5. The van der Waals surface area contributed by atoms with Crippen LogP contribution in [-0.4, -0.2) is 33.1 Å². The van der Waals surface area contributed by atoms with Gasteiger partial charge in [0.15, 0.2) is 5.16 Å². The molecule has 31 heavy (non-hydrogen) atoms. The van der Waals surface area contributed by atoms with Gasteiger partial charge in [-0.05, 0) is 55.9 Å². The average Bonchev–Trinajstić information content (AvgIpc) is 3.47. The van der Waals surface area contributed by atoms with Crippen LogP contribution in [0.5, 0.6) is 0 Å². The second-order valence-electron chi connectivity index (χ2n) is 8.07. The molecule has 1 unspecified atom stereocenters. The number of rotatable bonds is 4. The average molecular weight is 454 g/mol. The maximum atomic E-state index is 12.6. The molecular weight excluding hydrogens is 430 g/mol. The first-order chi connectivity index (χ1) is 15.2. The standard InChI is InChI=1S/C21H23N7OS2/c1-12-5-4-6-13(9-12)24-16(29)10-30-21-26-25-20-27(21)19-17(18-22-11-23-28(18)20)14-7-2-3-8-15(14)31-19/h4-6,9,18,22-23H,2-3,7-8,10-11H2,1H3,(H,24,29). The summed E-state index contributed by atoms with van der Waals surface area (Å²) in [5.74, 6) is 1.01. The molecule has 3 N–H and O–H groups in total. The van der Waals surface area contributed by atoms with Crippen molar-refractivity contribution in [3.8, 4) is 5.00 Å². The summed E-state index contributed by atoms with van der Waals surface area (Å²) in [5.41, 5.74) is 8.16. The second kappa shape index (κ2) is 7.63. The number of nitrogens with one attached hydrogen (secondary N) is 3. The number of nitrogens with zero attached hydrogens (tertiary/aromatic N) is 4. The first kappa shape index (κ1) is 19.3. The third kappa shape index (κ3) is 3.25. The molecule has 0 radical (unpaired) electrons. The summed E-state index contributed by atoms with van der Waals surface area (Å²) in [6, 6.07) is 7.83. The highest BCUT2D eigenvalue weighted by atomic mass is 32.2. The van der Waals surface area contributed by atoms with E-state index in [1.807, 2.05) is 42.5 Å². The zero-order chi connectivity index (χ0) is 20.9. The van der Waals surface area contributed by atoms with Gasteiger partial charge in [-0.2, -0.15) is 0 Å². The predicted octanol–water partition coefficient (Wildman–Crippen LogP) is 3.13.